The van der Waals surface area contributed by atoms with E-state index in [-0.39, 0.29) is 17.9 Å². The van der Waals surface area contributed by atoms with Crippen molar-refractivity contribution in [2.45, 2.75) is 65.6 Å². The molecule has 2 atom stereocenters. The lowest BCUT2D eigenvalue weighted by atomic mass is 9.87. The highest BCUT2D eigenvalue weighted by Crippen LogP contribution is 2.38. The molecule has 3 aromatic carbocycles. The van der Waals surface area contributed by atoms with Crippen LogP contribution in [0.2, 0.25) is 0 Å². The van der Waals surface area contributed by atoms with Gasteiger partial charge in [-0.25, -0.2) is 0 Å². The first kappa shape index (κ1) is 26.5. The second kappa shape index (κ2) is 12.1. The quantitative estimate of drug-likeness (QED) is 0.394. The van der Waals surface area contributed by atoms with Crippen LogP contribution in [0, 0.1) is 12.8 Å². The Balaban J connectivity index is 1.56. The number of ether oxygens (including phenoxy) is 1. The van der Waals surface area contributed by atoms with Crippen molar-refractivity contribution in [2.75, 3.05) is 6.54 Å². The van der Waals surface area contributed by atoms with Crippen LogP contribution in [0.5, 0.6) is 5.75 Å². The molecule has 5 nitrogen and oxygen atoms in total. The van der Waals surface area contributed by atoms with Gasteiger partial charge in [0.1, 0.15) is 5.75 Å². The van der Waals surface area contributed by atoms with Gasteiger partial charge in [-0.3, -0.25) is 9.59 Å². The van der Waals surface area contributed by atoms with Gasteiger partial charge in [0.15, 0.2) is 6.10 Å². The van der Waals surface area contributed by atoms with Crippen LogP contribution in [0.1, 0.15) is 67.5 Å². The minimum Gasteiger partial charge on any atom is -0.481 e. The predicted octanol–water partition coefficient (Wildman–Crippen LogP) is 5.99. The van der Waals surface area contributed by atoms with Crippen LogP contribution in [-0.2, 0) is 22.6 Å². The van der Waals surface area contributed by atoms with Crippen molar-refractivity contribution in [2.24, 2.45) is 5.92 Å². The van der Waals surface area contributed by atoms with Crippen molar-refractivity contribution in [3.8, 4) is 5.75 Å². The highest BCUT2D eigenvalue weighted by atomic mass is 16.5. The first-order chi connectivity index (χ1) is 17.9. The summed E-state index contributed by atoms with van der Waals surface area (Å²) in [4.78, 5) is 28.2. The molecule has 0 aromatic heterocycles. The summed E-state index contributed by atoms with van der Waals surface area (Å²) >= 11 is 0. The molecule has 0 saturated heterocycles. The van der Waals surface area contributed by atoms with E-state index in [9.17, 15) is 9.59 Å². The molecule has 1 aliphatic rings. The third-order valence-electron chi connectivity index (χ3n) is 6.85. The number of carbonyl (C=O) groups is 2. The Kier molecular flexibility index (Phi) is 8.65. The molecule has 0 unspecified atom stereocenters. The van der Waals surface area contributed by atoms with Gasteiger partial charge in [-0.2, -0.15) is 0 Å². The van der Waals surface area contributed by atoms with Crippen molar-refractivity contribution in [1.82, 2.24) is 10.2 Å². The van der Waals surface area contributed by atoms with E-state index in [1.165, 1.54) is 5.56 Å². The molecule has 1 aliphatic heterocycles. The van der Waals surface area contributed by atoms with Gasteiger partial charge >= 0.3 is 0 Å². The van der Waals surface area contributed by atoms with Crippen molar-refractivity contribution in [3.05, 3.63) is 101 Å². The third kappa shape index (κ3) is 6.59. The molecule has 0 spiro atoms. The largest absolute Gasteiger partial charge is 0.481 e. The molecule has 0 saturated carbocycles. The van der Waals surface area contributed by atoms with E-state index in [2.05, 4.69) is 43.4 Å². The molecule has 0 radical (unpaired) electrons. The molecule has 3 aromatic rings. The molecule has 37 heavy (non-hydrogen) atoms. The van der Waals surface area contributed by atoms with E-state index in [1.807, 2.05) is 67.3 Å². The number of fused-ring (bicyclic) bond motifs is 1. The van der Waals surface area contributed by atoms with Gasteiger partial charge in [0.05, 0.1) is 6.04 Å². The lowest BCUT2D eigenvalue weighted by Gasteiger charge is -2.38. The van der Waals surface area contributed by atoms with Crippen molar-refractivity contribution >= 4 is 11.8 Å². The Morgan fingerprint density at radius 1 is 1.03 bits per heavy atom. The van der Waals surface area contributed by atoms with Crippen molar-refractivity contribution < 1.29 is 14.3 Å². The van der Waals surface area contributed by atoms with Crippen LogP contribution in [0.25, 0.3) is 0 Å². The molecule has 1 heterocycles. The smallest absolute Gasteiger partial charge is 0.261 e. The highest BCUT2D eigenvalue weighted by Gasteiger charge is 2.32. The monoisotopic (exact) mass is 498 g/mol. The van der Waals surface area contributed by atoms with E-state index >= 15 is 0 Å². The van der Waals surface area contributed by atoms with Gasteiger partial charge in [-0.1, -0.05) is 87.0 Å². The number of nitrogens with one attached hydrogen (secondary N) is 1. The summed E-state index contributed by atoms with van der Waals surface area (Å²) < 4.78 is 6.23. The summed E-state index contributed by atoms with van der Waals surface area (Å²) in [7, 11) is 0. The van der Waals surface area contributed by atoms with E-state index in [4.69, 9.17) is 4.74 Å². The zero-order valence-corrected chi connectivity index (χ0v) is 22.4. The number of carbonyl (C=O) groups excluding carboxylic acids is 2. The van der Waals surface area contributed by atoms with Crippen LogP contribution in [0.3, 0.4) is 0 Å². The average molecular weight is 499 g/mol. The van der Waals surface area contributed by atoms with Gasteiger partial charge in [-0.05, 0) is 60.1 Å². The molecule has 5 heteroatoms. The summed E-state index contributed by atoms with van der Waals surface area (Å²) in [6.07, 6.45) is 1.28. The van der Waals surface area contributed by atoms with E-state index in [1.54, 1.807) is 0 Å². The summed E-state index contributed by atoms with van der Waals surface area (Å²) in [5, 5.41) is 3.02. The highest BCUT2D eigenvalue weighted by molar-refractivity contribution is 5.81. The molecule has 4 rings (SSSR count). The minimum atomic E-state index is -0.597. The summed E-state index contributed by atoms with van der Waals surface area (Å²) in [5.74, 6) is 0.983. The lowest BCUT2D eigenvalue weighted by molar-refractivity contribution is -0.134. The predicted molar refractivity (Wildman–Crippen MR) is 147 cm³/mol. The zero-order chi connectivity index (χ0) is 26.4. The number of rotatable bonds is 9. The fraction of sp³-hybridized carbons (Fsp3) is 0.375. The lowest BCUT2D eigenvalue weighted by Crippen LogP contribution is -2.41. The number of hydrogen-bond acceptors (Lipinski definition) is 3. The summed E-state index contributed by atoms with van der Waals surface area (Å²) in [5.41, 5.74) is 5.60. The molecule has 0 aliphatic carbocycles. The molecular weight excluding hydrogens is 460 g/mol. The molecule has 2 amide bonds. The van der Waals surface area contributed by atoms with Gasteiger partial charge in [-0.15, -0.1) is 0 Å². The van der Waals surface area contributed by atoms with Crippen molar-refractivity contribution in [3.63, 3.8) is 0 Å². The fourth-order valence-electron chi connectivity index (χ4n) is 5.01. The summed E-state index contributed by atoms with van der Waals surface area (Å²) in [6, 6.07) is 24.2. The van der Waals surface area contributed by atoms with E-state index in [0.29, 0.717) is 37.6 Å². The second-order valence-corrected chi connectivity index (χ2v) is 10.3. The molecule has 194 valence electrons. The Hall–Kier alpha value is -3.60. The molecule has 0 bridgehead atoms. The number of amides is 2. The van der Waals surface area contributed by atoms with Crippen LogP contribution >= 0.6 is 0 Å². The molecular formula is C32H38N2O3. The first-order valence-electron chi connectivity index (χ1n) is 13.3. The van der Waals surface area contributed by atoms with Gasteiger partial charge in [0.25, 0.3) is 5.91 Å². The van der Waals surface area contributed by atoms with Gasteiger partial charge in [0.2, 0.25) is 5.91 Å². The Morgan fingerprint density at radius 2 is 1.81 bits per heavy atom. The zero-order valence-electron chi connectivity index (χ0n) is 22.4. The maximum atomic E-state index is 13.3. The Morgan fingerprint density at radius 3 is 2.51 bits per heavy atom. The number of hydrogen-bond donors (Lipinski definition) is 1. The van der Waals surface area contributed by atoms with Gasteiger partial charge < -0.3 is 15.0 Å². The maximum Gasteiger partial charge on any atom is 0.261 e. The number of nitrogens with zero attached hydrogens (tertiary/aromatic N) is 1. The SMILES string of the molecule is CC[C@H](Oc1ccc2c(c1)[C@@H](c1ccccc1)N(C(=O)CC(C)C)CC2)C(=O)NCc1cccc(C)c1. The van der Waals surface area contributed by atoms with E-state index in [0.717, 1.165) is 28.7 Å². The third-order valence-corrected chi connectivity index (χ3v) is 6.85. The Labute approximate surface area is 220 Å². The standard InChI is InChI=1S/C32H38N2O3/c1-5-29(32(36)33-21-24-11-9-10-23(4)19-24)37-27-15-14-25-16-17-34(30(35)18-22(2)3)31(28(25)20-27)26-12-7-6-8-13-26/h6-15,19-20,22,29,31H,5,16-18,21H2,1-4H3,(H,33,36)/t29-,31+/m0/s1. The minimum absolute atomic E-state index is 0.130. The van der Waals surface area contributed by atoms with Gasteiger partial charge in [0, 0.05) is 19.5 Å². The number of aryl methyl sites for hydroxylation is 1. The fourth-order valence-corrected chi connectivity index (χ4v) is 5.01. The number of benzene rings is 3. The van der Waals surface area contributed by atoms with Crippen LogP contribution < -0.4 is 10.1 Å². The van der Waals surface area contributed by atoms with Crippen LogP contribution in [0.15, 0.2) is 72.8 Å². The topological polar surface area (TPSA) is 58.6 Å². The van der Waals surface area contributed by atoms with E-state index < -0.39 is 6.10 Å². The Bertz CT molecular complexity index is 1220. The molecule has 0 fully saturated rings. The van der Waals surface area contributed by atoms with Crippen molar-refractivity contribution in [1.29, 1.82) is 0 Å². The first-order valence-corrected chi connectivity index (χ1v) is 13.3. The average Bonchev–Trinajstić information content (AvgIpc) is 2.89. The van der Waals surface area contributed by atoms with Crippen LogP contribution in [0.4, 0.5) is 0 Å². The second-order valence-electron chi connectivity index (χ2n) is 10.3. The molecule has 1 N–H and O–H groups in total. The maximum absolute atomic E-state index is 13.3. The van der Waals surface area contributed by atoms with Crippen LogP contribution in [-0.4, -0.2) is 29.4 Å². The summed E-state index contributed by atoms with van der Waals surface area (Å²) in [6.45, 7) is 9.31. The normalized spacial score (nSPS) is 15.7.